The number of carbonyl (C=O) groups is 1. The van der Waals surface area contributed by atoms with Crippen LogP contribution in [-0.4, -0.2) is 22.7 Å². The van der Waals surface area contributed by atoms with Crippen LogP contribution in [0.5, 0.6) is 5.75 Å². The highest BCUT2D eigenvalue weighted by molar-refractivity contribution is 7.13. The van der Waals surface area contributed by atoms with Crippen molar-refractivity contribution in [2.75, 3.05) is 6.61 Å². The molecule has 0 aliphatic heterocycles. The van der Waals surface area contributed by atoms with E-state index < -0.39 is 0 Å². The molecule has 3 aromatic rings. The van der Waals surface area contributed by atoms with Crippen LogP contribution in [-0.2, 0) is 6.54 Å². The quantitative estimate of drug-likeness (QED) is 0.752. The molecule has 0 atom stereocenters. The van der Waals surface area contributed by atoms with E-state index in [-0.39, 0.29) is 12.5 Å². The maximum absolute atomic E-state index is 12.2. The fraction of sp³-hybridized carbons (Fsp3) is 0.188. The third kappa shape index (κ3) is 3.75. The number of nitrogens with one attached hydrogen (secondary N) is 1. The molecule has 1 aromatic carbocycles. The van der Waals surface area contributed by atoms with Gasteiger partial charge in [-0.25, -0.2) is 0 Å². The summed E-state index contributed by atoms with van der Waals surface area (Å²) in [5.74, 6) is 1.34. The number of nitrogens with zero attached hydrogens (tertiary/aromatic N) is 2. The lowest BCUT2D eigenvalue weighted by atomic mass is 10.2. The van der Waals surface area contributed by atoms with Crippen molar-refractivity contribution in [1.82, 2.24) is 15.5 Å². The van der Waals surface area contributed by atoms with Gasteiger partial charge in [0.05, 0.1) is 18.0 Å². The van der Waals surface area contributed by atoms with E-state index in [1.54, 1.807) is 18.2 Å². The predicted octanol–water partition coefficient (Wildman–Crippen LogP) is 3.13. The highest BCUT2D eigenvalue weighted by atomic mass is 32.1. The largest absolute Gasteiger partial charge is 0.494 e. The number of benzene rings is 1. The minimum atomic E-state index is -0.220. The number of rotatable bonds is 6. The summed E-state index contributed by atoms with van der Waals surface area (Å²) in [6.07, 6.45) is 0. The van der Waals surface area contributed by atoms with Crippen LogP contribution >= 0.6 is 11.3 Å². The third-order valence-corrected chi connectivity index (χ3v) is 3.88. The van der Waals surface area contributed by atoms with Crippen molar-refractivity contribution in [2.45, 2.75) is 13.5 Å². The fourth-order valence-corrected chi connectivity index (χ4v) is 2.63. The summed E-state index contributed by atoms with van der Waals surface area (Å²) in [6.45, 7) is 2.63. The van der Waals surface area contributed by atoms with Gasteiger partial charge in [-0.1, -0.05) is 17.3 Å². The van der Waals surface area contributed by atoms with E-state index in [2.05, 4.69) is 15.5 Å². The fourth-order valence-electron chi connectivity index (χ4n) is 1.98. The first-order valence-corrected chi connectivity index (χ1v) is 8.01. The van der Waals surface area contributed by atoms with Crippen LogP contribution in [0.15, 0.2) is 46.3 Å². The maximum atomic E-state index is 12.2. The van der Waals surface area contributed by atoms with Gasteiger partial charge in [0.2, 0.25) is 11.7 Å². The minimum Gasteiger partial charge on any atom is -0.494 e. The van der Waals surface area contributed by atoms with Crippen molar-refractivity contribution in [1.29, 1.82) is 0 Å². The van der Waals surface area contributed by atoms with Crippen LogP contribution in [0.25, 0.3) is 10.7 Å². The molecule has 3 rings (SSSR count). The molecule has 2 aromatic heterocycles. The van der Waals surface area contributed by atoms with Crippen LogP contribution in [0.1, 0.15) is 23.2 Å². The van der Waals surface area contributed by atoms with E-state index in [1.807, 2.05) is 30.5 Å². The molecule has 0 saturated carbocycles. The molecule has 0 unspecified atom stereocenters. The number of ether oxygens (including phenoxy) is 1. The van der Waals surface area contributed by atoms with Gasteiger partial charge in [-0.05, 0) is 36.6 Å². The molecule has 118 valence electrons. The SMILES string of the molecule is CCOc1cccc(C(=O)NCc2nc(-c3cccs3)no2)c1. The zero-order valence-corrected chi connectivity index (χ0v) is 13.3. The topological polar surface area (TPSA) is 77.2 Å². The molecule has 23 heavy (non-hydrogen) atoms. The molecule has 1 N–H and O–H groups in total. The Balaban J connectivity index is 1.62. The zero-order valence-electron chi connectivity index (χ0n) is 12.5. The standard InChI is InChI=1S/C16H15N3O3S/c1-2-21-12-6-3-5-11(9-12)16(20)17-10-14-18-15(19-22-14)13-7-4-8-23-13/h3-9H,2,10H2,1H3,(H,17,20). The third-order valence-electron chi connectivity index (χ3n) is 3.02. The van der Waals surface area contributed by atoms with E-state index in [1.165, 1.54) is 11.3 Å². The van der Waals surface area contributed by atoms with Crippen LogP contribution in [0.3, 0.4) is 0 Å². The van der Waals surface area contributed by atoms with E-state index in [0.717, 1.165) is 4.88 Å². The summed E-state index contributed by atoms with van der Waals surface area (Å²) in [6, 6.07) is 10.8. The molecule has 0 saturated heterocycles. The summed E-state index contributed by atoms with van der Waals surface area (Å²) in [5, 5.41) is 8.60. The monoisotopic (exact) mass is 329 g/mol. The van der Waals surface area contributed by atoms with Gasteiger partial charge < -0.3 is 14.6 Å². The molecule has 0 aliphatic rings. The molecule has 0 bridgehead atoms. The van der Waals surface area contributed by atoms with Crippen molar-refractivity contribution < 1.29 is 14.1 Å². The minimum absolute atomic E-state index is 0.177. The number of hydrogen-bond acceptors (Lipinski definition) is 6. The first kappa shape index (κ1) is 15.2. The van der Waals surface area contributed by atoms with Crippen LogP contribution < -0.4 is 10.1 Å². The number of carbonyl (C=O) groups excluding carboxylic acids is 1. The van der Waals surface area contributed by atoms with Gasteiger partial charge in [0.25, 0.3) is 5.91 Å². The maximum Gasteiger partial charge on any atom is 0.251 e. The Morgan fingerprint density at radius 1 is 1.35 bits per heavy atom. The normalized spacial score (nSPS) is 10.5. The van der Waals surface area contributed by atoms with Crippen LogP contribution in [0, 0.1) is 0 Å². The summed E-state index contributed by atoms with van der Waals surface area (Å²) < 4.78 is 10.5. The van der Waals surface area contributed by atoms with E-state index in [4.69, 9.17) is 9.26 Å². The Labute approximate surface area is 137 Å². The molecule has 0 fully saturated rings. The Bertz CT molecular complexity index is 783. The highest BCUT2D eigenvalue weighted by Crippen LogP contribution is 2.21. The zero-order chi connectivity index (χ0) is 16.1. The molecular formula is C16H15N3O3S. The van der Waals surface area contributed by atoms with Crippen molar-refractivity contribution in [2.24, 2.45) is 0 Å². The molecule has 6 nitrogen and oxygen atoms in total. The summed E-state index contributed by atoms with van der Waals surface area (Å²) in [5.41, 5.74) is 0.522. The summed E-state index contributed by atoms with van der Waals surface area (Å²) >= 11 is 1.53. The van der Waals surface area contributed by atoms with Gasteiger partial charge >= 0.3 is 0 Å². The predicted molar refractivity (Wildman–Crippen MR) is 86.4 cm³/mol. The molecule has 1 amide bonds. The number of hydrogen-bond donors (Lipinski definition) is 1. The van der Waals surface area contributed by atoms with Crippen molar-refractivity contribution in [3.05, 3.63) is 53.2 Å². The van der Waals surface area contributed by atoms with Crippen LogP contribution in [0.4, 0.5) is 0 Å². The first-order chi connectivity index (χ1) is 11.3. The Morgan fingerprint density at radius 3 is 3.04 bits per heavy atom. The Kier molecular flexibility index (Phi) is 4.68. The Hall–Kier alpha value is -2.67. The van der Waals surface area contributed by atoms with Gasteiger partial charge in [-0.2, -0.15) is 4.98 Å². The second kappa shape index (κ2) is 7.06. The molecule has 7 heteroatoms. The molecule has 0 spiro atoms. The highest BCUT2D eigenvalue weighted by Gasteiger charge is 2.12. The van der Waals surface area contributed by atoms with E-state index in [0.29, 0.717) is 29.6 Å². The van der Waals surface area contributed by atoms with E-state index in [9.17, 15) is 4.79 Å². The van der Waals surface area contributed by atoms with Crippen molar-refractivity contribution >= 4 is 17.2 Å². The Morgan fingerprint density at radius 2 is 2.26 bits per heavy atom. The summed E-state index contributed by atoms with van der Waals surface area (Å²) in [7, 11) is 0. The average Bonchev–Trinajstić information content (AvgIpc) is 3.24. The molecule has 0 radical (unpaired) electrons. The van der Waals surface area contributed by atoms with E-state index >= 15 is 0 Å². The number of aromatic nitrogens is 2. The van der Waals surface area contributed by atoms with Crippen molar-refractivity contribution in [3.63, 3.8) is 0 Å². The van der Waals surface area contributed by atoms with Crippen molar-refractivity contribution in [3.8, 4) is 16.5 Å². The average molecular weight is 329 g/mol. The molecular weight excluding hydrogens is 314 g/mol. The van der Waals surface area contributed by atoms with Gasteiger partial charge in [-0.15, -0.1) is 11.3 Å². The smallest absolute Gasteiger partial charge is 0.251 e. The first-order valence-electron chi connectivity index (χ1n) is 7.14. The molecule has 0 aliphatic carbocycles. The van der Waals surface area contributed by atoms with Gasteiger partial charge in [0, 0.05) is 5.56 Å². The number of thiophene rings is 1. The van der Waals surface area contributed by atoms with Crippen LogP contribution in [0.2, 0.25) is 0 Å². The lowest BCUT2D eigenvalue weighted by Crippen LogP contribution is -2.22. The molecule has 2 heterocycles. The van der Waals surface area contributed by atoms with Gasteiger partial charge in [0.15, 0.2) is 0 Å². The van der Waals surface area contributed by atoms with Gasteiger partial charge in [-0.3, -0.25) is 4.79 Å². The lowest BCUT2D eigenvalue weighted by Gasteiger charge is -2.06. The second-order valence-electron chi connectivity index (χ2n) is 4.63. The number of amides is 1. The van der Waals surface area contributed by atoms with Gasteiger partial charge in [0.1, 0.15) is 5.75 Å². The second-order valence-corrected chi connectivity index (χ2v) is 5.58. The summed E-state index contributed by atoms with van der Waals surface area (Å²) in [4.78, 5) is 17.3. The lowest BCUT2D eigenvalue weighted by molar-refractivity contribution is 0.0946.